The molecule has 0 saturated heterocycles. The lowest BCUT2D eigenvalue weighted by Crippen LogP contribution is -2.42. The molecule has 4 rings (SSSR count). The summed E-state index contributed by atoms with van der Waals surface area (Å²) in [6.45, 7) is 0.820. The molecule has 1 N–H and O–H groups in total. The summed E-state index contributed by atoms with van der Waals surface area (Å²) < 4.78 is 11.1. The monoisotopic (exact) mass is 404 g/mol. The molecule has 4 nitrogen and oxygen atoms in total. The lowest BCUT2D eigenvalue weighted by atomic mass is 9.88. The highest BCUT2D eigenvalue weighted by Crippen LogP contribution is 2.41. The summed E-state index contributed by atoms with van der Waals surface area (Å²) in [5.41, 5.74) is 4.63. The number of hydrogen-bond donors (Lipinski definition) is 1. The lowest BCUT2D eigenvalue weighted by molar-refractivity contribution is 0.330. The minimum Gasteiger partial charge on any atom is -0.493 e. The fourth-order valence-electron chi connectivity index (χ4n) is 3.88. The maximum Gasteiger partial charge on any atom is 0.174 e. The Morgan fingerprint density at radius 1 is 0.931 bits per heavy atom. The summed E-state index contributed by atoms with van der Waals surface area (Å²) in [5, 5.41) is 4.11. The van der Waals surface area contributed by atoms with Crippen molar-refractivity contribution in [2.75, 3.05) is 26.1 Å². The van der Waals surface area contributed by atoms with Gasteiger partial charge >= 0.3 is 0 Å². The molecule has 0 spiro atoms. The standard InChI is InChI=1S/C24H24N2O2S/c1-27-21-15-18-13-14-26(24(29)25-19-11-7-4-8-12-19)23(17-9-5-3-6-10-17)20(18)16-22(21)28-2/h3-12,15-16,23H,13-14H2,1-2H3,(H,25,29). The molecule has 1 atom stereocenters. The maximum atomic E-state index is 5.83. The summed E-state index contributed by atoms with van der Waals surface area (Å²) >= 11 is 5.83. The molecule has 1 aliphatic rings. The van der Waals surface area contributed by atoms with Gasteiger partial charge in [0.05, 0.1) is 20.3 Å². The predicted octanol–water partition coefficient (Wildman–Crippen LogP) is 5.05. The van der Waals surface area contributed by atoms with Crippen LogP contribution in [0.15, 0.2) is 72.8 Å². The molecule has 148 valence electrons. The largest absolute Gasteiger partial charge is 0.493 e. The second-order valence-corrected chi connectivity index (χ2v) is 7.35. The fraction of sp³-hybridized carbons (Fsp3) is 0.208. The van der Waals surface area contributed by atoms with Crippen LogP contribution in [0.1, 0.15) is 22.7 Å². The second kappa shape index (κ2) is 8.53. The SMILES string of the molecule is COc1cc2c(cc1OC)C(c1ccccc1)N(C(=S)Nc1ccccc1)CC2. The van der Waals surface area contributed by atoms with E-state index in [0.29, 0.717) is 5.11 Å². The summed E-state index contributed by atoms with van der Waals surface area (Å²) in [7, 11) is 3.34. The molecule has 1 unspecified atom stereocenters. The van der Waals surface area contributed by atoms with Crippen molar-refractivity contribution in [3.8, 4) is 11.5 Å². The Labute approximate surface area is 177 Å². The number of benzene rings is 3. The van der Waals surface area contributed by atoms with Crippen molar-refractivity contribution in [3.05, 3.63) is 89.5 Å². The first kappa shape index (κ1) is 19.3. The zero-order valence-corrected chi connectivity index (χ0v) is 17.4. The van der Waals surface area contributed by atoms with Gasteiger partial charge in [0.1, 0.15) is 0 Å². The van der Waals surface area contributed by atoms with Gasteiger partial charge in [-0.15, -0.1) is 0 Å². The number of para-hydroxylation sites is 1. The van der Waals surface area contributed by atoms with Crippen LogP contribution in [0.2, 0.25) is 0 Å². The van der Waals surface area contributed by atoms with Crippen molar-refractivity contribution in [3.63, 3.8) is 0 Å². The fourth-order valence-corrected chi connectivity index (χ4v) is 4.19. The van der Waals surface area contributed by atoms with Crippen LogP contribution >= 0.6 is 12.2 Å². The van der Waals surface area contributed by atoms with E-state index in [1.165, 1.54) is 16.7 Å². The van der Waals surface area contributed by atoms with Crippen LogP contribution in [0.3, 0.4) is 0 Å². The van der Waals surface area contributed by atoms with E-state index in [9.17, 15) is 0 Å². The number of ether oxygens (including phenoxy) is 2. The van der Waals surface area contributed by atoms with Crippen LogP contribution in [-0.2, 0) is 6.42 Å². The molecule has 1 heterocycles. The number of rotatable bonds is 4. The molecule has 0 bridgehead atoms. The van der Waals surface area contributed by atoms with Gasteiger partial charge in [0.15, 0.2) is 16.6 Å². The number of nitrogens with zero attached hydrogens (tertiary/aromatic N) is 1. The highest BCUT2D eigenvalue weighted by Gasteiger charge is 2.31. The van der Waals surface area contributed by atoms with Crippen molar-refractivity contribution in [1.29, 1.82) is 0 Å². The van der Waals surface area contributed by atoms with Gasteiger partial charge in [0.2, 0.25) is 0 Å². The topological polar surface area (TPSA) is 33.7 Å². The summed E-state index contributed by atoms with van der Waals surface area (Å²) in [4.78, 5) is 2.26. The Bertz CT molecular complexity index is 993. The average molecular weight is 405 g/mol. The van der Waals surface area contributed by atoms with Crippen LogP contribution in [0.5, 0.6) is 11.5 Å². The van der Waals surface area contributed by atoms with E-state index in [-0.39, 0.29) is 6.04 Å². The molecule has 0 saturated carbocycles. The highest BCUT2D eigenvalue weighted by molar-refractivity contribution is 7.80. The molecule has 1 aliphatic heterocycles. The van der Waals surface area contributed by atoms with Crippen molar-refractivity contribution < 1.29 is 9.47 Å². The number of fused-ring (bicyclic) bond motifs is 1. The molecule has 0 aliphatic carbocycles. The van der Waals surface area contributed by atoms with Crippen LogP contribution < -0.4 is 14.8 Å². The van der Waals surface area contributed by atoms with E-state index < -0.39 is 0 Å². The number of thiocarbonyl (C=S) groups is 1. The minimum absolute atomic E-state index is 0.00321. The molecule has 3 aromatic rings. The number of methoxy groups -OCH3 is 2. The van der Waals surface area contributed by atoms with Crippen LogP contribution in [0, 0.1) is 0 Å². The van der Waals surface area contributed by atoms with Gasteiger partial charge in [-0.05, 0) is 59.6 Å². The normalized spacial score (nSPS) is 15.4. The molecular formula is C24H24N2O2S. The first-order chi connectivity index (χ1) is 14.2. The van der Waals surface area contributed by atoms with Gasteiger partial charge in [-0.1, -0.05) is 48.5 Å². The zero-order chi connectivity index (χ0) is 20.2. The van der Waals surface area contributed by atoms with Crippen LogP contribution in [-0.4, -0.2) is 30.8 Å². The number of nitrogens with one attached hydrogen (secondary N) is 1. The molecule has 3 aromatic carbocycles. The van der Waals surface area contributed by atoms with E-state index in [2.05, 4.69) is 46.6 Å². The Morgan fingerprint density at radius 3 is 2.21 bits per heavy atom. The van der Waals surface area contributed by atoms with Gasteiger partial charge in [0, 0.05) is 12.2 Å². The summed E-state index contributed by atoms with van der Waals surface area (Å²) in [5.74, 6) is 1.49. The van der Waals surface area contributed by atoms with Crippen molar-refractivity contribution in [2.45, 2.75) is 12.5 Å². The summed E-state index contributed by atoms with van der Waals surface area (Å²) in [6, 6.07) is 24.7. The third-order valence-corrected chi connectivity index (χ3v) is 5.61. The highest BCUT2D eigenvalue weighted by atomic mass is 32.1. The van der Waals surface area contributed by atoms with E-state index >= 15 is 0 Å². The molecule has 29 heavy (non-hydrogen) atoms. The lowest BCUT2D eigenvalue weighted by Gasteiger charge is -2.39. The van der Waals surface area contributed by atoms with Gasteiger partial charge in [-0.25, -0.2) is 0 Å². The van der Waals surface area contributed by atoms with Gasteiger partial charge in [-0.2, -0.15) is 0 Å². The molecular weight excluding hydrogens is 380 g/mol. The second-order valence-electron chi connectivity index (χ2n) is 6.96. The van der Waals surface area contributed by atoms with Crippen molar-refractivity contribution in [2.24, 2.45) is 0 Å². The van der Waals surface area contributed by atoms with E-state index in [1.54, 1.807) is 14.2 Å². The van der Waals surface area contributed by atoms with Crippen molar-refractivity contribution >= 4 is 23.0 Å². The van der Waals surface area contributed by atoms with Gasteiger partial charge < -0.3 is 19.7 Å². The van der Waals surface area contributed by atoms with Gasteiger partial charge in [-0.3, -0.25) is 0 Å². The summed E-state index contributed by atoms with van der Waals surface area (Å²) in [6.07, 6.45) is 0.885. The number of hydrogen-bond acceptors (Lipinski definition) is 3. The molecule has 5 heteroatoms. The van der Waals surface area contributed by atoms with Gasteiger partial charge in [0.25, 0.3) is 0 Å². The van der Waals surface area contributed by atoms with Crippen LogP contribution in [0.25, 0.3) is 0 Å². The third kappa shape index (κ3) is 3.91. The van der Waals surface area contributed by atoms with E-state index in [0.717, 1.165) is 30.2 Å². The Balaban J connectivity index is 1.76. The quantitative estimate of drug-likeness (QED) is 0.616. The number of anilines is 1. The van der Waals surface area contributed by atoms with E-state index in [4.69, 9.17) is 21.7 Å². The van der Waals surface area contributed by atoms with Crippen LogP contribution in [0.4, 0.5) is 5.69 Å². The molecule has 0 fully saturated rings. The Morgan fingerprint density at radius 2 is 1.55 bits per heavy atom. The van der Waals surface area contributed by atoms with E-state index in [1.807, 2.05) is 36.4 Å². The Hall–Kier alpha value is -3.05. The molecule has 0 radical (unpaired) electrons. The predicted molar refractivity (Wildman–Crippen MR) is 121 cm³/mol. The smallest absolute Gasteiger partial charge is 0.174 e. The first-order valence-corrected chi connectivity index (χ1v) is 10.0. The first-order valence-electron chi connectivity index (χ1n) is 9.63. The zero-order valence-electron chi connectivity index (χ0n) is 16.6. The minimum atomic E-state index is 0.00321. The molecule has 0 aromatic heterocycles. The average Bonchev–Trinajstić information content (AvgIpc) is 2.78. The maximum absolute atomic E-state index is 5.83. The molecule has 0 amide bonds. The third-order valence-electron chi connectivity index (χ3n) is 5.27. The Kier molecular flexibility index (Phi) is 5.67. The van der Waals surface area contributed by atoms with Crippen molar-refractivity contribution in [1.82, 2.24) is 4.90 Å².